The molecule has 0 saturated heterocycles. The van der Waals surface area contributed by atoms with Crippen LogP contribution >= 0.6 is 0 Å². The summed E-state index contributed by atoms with van der Waals surface area (Å²) in [5.41, 5.74) is -0.0729. The monoisotopic (exact) mass is 279 g/mol. The first-order valence-corrected chi connectivity index (χ1v) is 6.47. The van der Waals surface area contributed by atoms with Crippen molar-refractivity contribution in [1.29, 1.82) is 0 Å². The van der Waals surface area contributed by atoms with Crippen LogP contribution in [0.5, 0.6) is 5.75 Å². The van der Waals surface area contributed by atoms with E-state index < -0.39 is 10.5 Å². The highest BCUT2D eigenvalue weighted by Crippen LogP contribution is 2.41. The second-order valence-corrected chi connectivity index (χ2v) is 5.05. The molecule has 1 aliphatic carbocycles. The molecular formula is C14H17NO5. The van der Waals surface area contributed by atoms with Crippen LogP contribution in [-0.2, 0) is 9.53 Å². The molecule has 6 nitrogen and oxygen atoms in total. The number of carbonyl (C=O) groups is 1. The molecule has 1 saturated carbocycles. The quantitative estimate of drug-likeness (QED) is 0.470. The Morgan fingerprint density at radius 3 is 2.65 bits per heavy atom. The minimum absolute atomic E-state index is 0.0232. The number of nitro groups is 1. The SMILES string of the molecule is COC(=O)CC1(Oc2cccc([N+](=O)[O-])c2C)CCC1. The number of hydrogen-bond acceptors (Lipinski definition) is 5. The highest BCUT2D eigenvalue weighted by atomic mass is 16.6. The number of carbonyl (C=O) groups excluding carboxylic acids is 1. The van der Waals surface area contributed by atoms with Crippen LogP contribution in [0.1, 0.15) is 31.2 Å². The Bertz CT molecular complexity index is 536. The molecular weight excluding hydrogens is 262 g/mol. The molecule has 1 fully saturated rings. The molecule has 0 aromatic heterocycles. The fourth-order valence-electron chi connectivity index (χ4n) is 2.37. The van der Waals surface area contributed by atoms with Gasteiger partial charge in [0.15, 0.2) is 0 Å². The fourth-order valence-corrected chi connectivity index (χ4v) is 2.37. The summed E-state index contributed by atoms with van der Waals surface area (Å²) in [5.74, 6) is 0.135. The summed E-state index contributed by atoms with van der Waals surface area (Å²) in [6.07, 6.45) is 2.66. The van der Waals surface area contributed by atoms with E-state index in [9.17, 15) is 14.9 Å². The summed E-state index contributed by atoms with van der Waals surface area (Å²) in [6.45, 7) is 1.65. The van der Waals surface area contributed by atoms with E-state index in [1.54, 1.807) is 19.1 Å². The van der Waals surface area contributed by atoms with Crippen LogP contribution in [-0.4, -0.2) is 23.6 Å². The first kappa shape index (κ1) is 14.3. The van der Waals surface area contributed by atoms with Crippen molar-refractivity contribution in [3.8, 4) is 5.75 Å². The van der Waals surface area contributed by atoms with Crippen molar-refractivity contribution in [1.82, 2.24) is 0 Å². The van der Waals surface area contributed by atoms with Gasteiger partial charge >= 0.3 is 5.97 Å². The highest BCUT2D eigenvalue weighted by molar-refractivity contribution is 5.70. The molecule has 0 aliphatic heterocycles. The number of methoxy groups -OCH3 is 1. The second kappa shape index (κ2) is 5.48. The molecule has 0 amide bonds. The largest absolute Gasteiger partial charge is 0.486 e. The first-order valence-electron chi connectivity index (χ1n) is 6.47. The number of hydrogen-bond donors (Lipinski definition) is 0. The maximum Gasteiger partial charge on any atom is 0.309 e. The number of rotatable bonds is 5. The Balaban J connectivity index is 2.22. The number of ether oxygens (including phenoxy) is 2. The lowest BCUT2D eigenvalue weighted by Crippen LogP contribution is -2.45. The van der Waals surface area contributed by atoms with Crippen molar-refractivity contribution < 1.29 is 19.2 Å². The van der Waals surface area contributed by atoms with Crippen LogP contribution in [0.2, 0.25) is 0 Å². The third-order valence-electron chi connectivity index (χ3n) is 3.74. The van der Waals surface area contributed by atoms with Gasteiger partial charge in [0, 0.05) is 6.07 Å². The summed E-state index contributed by atoms with van der Waals surface area (Å²) < 4.78 is 10.6. The van der Waals surface area contributed by atoms with Crippen molar-refractivity contribution >= 4 is 11.7 Å². The van der Waals surface area contributed by atoms with E-state index in [1.165, 1.54) is 13.2 Å². The van der Waals surface area contributed by atoms with Crippen molar-refractivity contribution in [2.24, 2.45) is 0 Å². The van der Waals surface area contributed by atoms with E-state index in [-0.39, 0.29) is 18.1 Å². The second-order valence-electron chi connectivity index (χ2n) is 5.05. The molecule has 20 heavy (non-hydrogen) atoms. The molecule has 0 radical (unpaired) electrons. The maximum atomic E-state index is 11.5. The molecule has 6 heteroatoms. The summed E-state index contributed by atoms with van der Waals surface area (Å²) in [6, 6.07) is 4.72. The molecule has 108 valence electrons. The lowest BCUT2D eigenvalue weighted by Gasteiger charge is -2.41. The Kier molecular flexibility index (Phi) is 3.92. The Morgan fingerprint density at radius 1 is 1.45 bits per heavy atom. The van der Waals surface area contributed by atoms with Crippen LogP contribution in [0.3, 0.4) is 0 Å². The number of nitrogens with zero attached hydrogens (tertiary/aromatic N) is 1. The topological polar surface area (TPSA) is 78.7 Å². The predicted molar refractivity (Wildman–Crippen MR) is 71.7 cm³/mol. The highest BCUT2D eigenvalue weighted by Gasteiger charge is 2.42. The van der Waals surface area contributed by atoms with Gasteiger partial charge in [-0.05, 0) is 32.3 Å². The van der Waals surface area contributed by atoms with E-state index in [0.29, 0.717) is 11.3 Å². The van der Waals surface area contributed by atoms with E-state index in [4.69, 9.17) is 4.74 Å². The zero-order valence-corrected chi connectivity index (χ0v) is 11.5. The van der Waals surface area contributed by atoms with Crippen LogP contribution in [0.15, 0.2) is 18.2 Å². The predicted octanol–water partition coefficient (Wildman–Crippen LogP) is 2.77. The molecule has 0 bridgehead atoms. The fraction of sp³-hybridized carbons (Fsp3) is 0.500. The minimum atomic E-state index is -0.576. The van der Waals surface area contributed by atoms with E-state index >= 15 is 0 Å². The number of nitro benzene ring substituents is 1. The van der Waals surface area contributed by atoms with Crippen LogP contribution < -0.4 is 4.74 Å². The van der Waals surface area contributed by atoms with E-state index in [0.717, 1.165) is 19.3 Å². The lowest BCUT2D eigenvalue weighted by atomic mass is 9.77. The number of esters is 1. The Labute approximate surface area is 116 Å². The molecule has 0 atom stereocenters. The molecule has 0 N–H and O–H groups in total. The van der Waals surface area contributed by atoms with E-state index in [2.05, 4.69) is 4.74 Å². The standard InChI is InChI=1S/C14H17NO5/c1-10-11(15(17)18)5-3-6-12(10)20-14(7-4-8-14)9-13(16)19-2/h3,5-6H,4,7-9H2,1-2H3. The van der Waals surface area contributed by atoms with Gasteiger partial charge in [-0.25, -0.2) is 0 Å². The van der Waals surface area contributed by atoms with Crippen LogP contribution in [0, 0.1) is 17.0 Å². The van der Waals surface area contributed by atoms with Crippen LogP contribution in [0.25, 0.3) is 0 Å². The summed E-state index contributed by atoms with van der Waals surface area (Å²) in [4.78, 5) is 21.9. The molecule has 1 aliphatic rings. The molecule has 2 rings (SSSR count). The summed E-state index contributed by atoms with van der Waals surface area (Å²) >= 11 is 0. The lowest BCUT2D eigenvalue weighted by molar-refractivity contribution is -0.385. The van der Waals surface area contributed by atoms with Gasteiger partial charge in [0.25, 0.3) is 5.69 Å². The smallest absolute Gasteiger partial charge is 0.309 e. The average molecular weight is 279 g/mol. The van der Waals surface area contributed by atoms with Crippen molar-refractivity contribution in [3.05, 3.63) is 33.9 Å². The molecule has 0 unspecified atom stereocenters. The average Bonchev–Trinajstić information content (AvgIpc) is 2.37. The molecule has 0 spiro atoms. The van der Waals surface area contributed by atoms with E-state index in [1.807, 2.05) is 0 Å². The van der Waals surface area contributed by atoms with Gasteiger partial charge in [0.2, 0.25) is 0 Å². The normalized spacial score (nSPS) is 16.1. The van der Waals surface area contributed by atoms with Gasteiger partial charge in [0.1, 0.15) is 11.4 Å². The minimum Gasteiger partial charge on any atom is -0.486 e. The summed E-state index contributed by atoms with van der Waals surface area (Å²) in [7, 11) is 1.34. The third-order valence-corrected chi connectivity index (χ3v) is 3.74. The van der Waals surface area contributed by atoms with Gasteiger partial charge in [-0.2, -0.15) is 0 Å². The zero-order valence-electron chi connectivity index (χ0n) is 11.5. The van der Waals surface area contributed by atoms with Gasteiger partial charge in [-0.1, -0.05) is 6.07 Å². The maximum absolute atomic E-state index is 11.5. The molecule has 1 aromatic carbocycles. The van der Waals surface area contributed by atoms with Crippen LogP contribution in [0.4, 0.5) is 5.69 Å². The van der Waals surface area contributed by atoms with Crippen molar-refractivity contribution in [3.63, 3.8) is 0 Å². The van der Waals surface area contributed by atoms with Gasteiger partial charge in [-0.15, -0.1) is 0 Å². The Morgan fingerprint density at radius 2 is 2.15 bits per heavy atom. The van der Waals surface area contributed by atoms with Gasteiger partial charge in [0.05, 0.1) is 24.0 Å². The molecule has 1 aromatic rings. The third kappa shape index (κ3) is 2.74. The molecule has 0 heterocycles. The first-order chi connectivity index (χ1) is 9.47. The van der Waals surface area contributed by atoms with Gasteiger partial charge in [-0.3, -0.25) is 14.9 Å². The zero-order chi connectivity index (χ0) is 14.8. The van der Waals surface area contributed by atoms with Crippen molar-refractivity contribution in [2.45, 2.75) is 38.2 Å². The Hall–Kier alpha value is -2.11. The van der Waals surface area contributed by atoms with Gasteiger partial charge < -0.3 is 9.47 Å². The summed E-state index contributed by atoms with van der Waals surface area (Å²) in [5, 5.41) is 10.9. The number of benzene rings is 1. The van der Waals surface area contributed by atoms with Crippen molar-refractivity contribution in [2.75, 3.05) is 7.11 Å².